The van der Waals surface area contributed by atoms with E-state index in [9.17, 15) is 13.2 Å². The van der Waals surface area contributed by atoms with Gasteiger partial charge in [0.1, 0.15) is 5.75 Å². The van der Waals surface area contributed by atoms with Crippen molar-refractivity contribution in [1.29, 1.82) is 0 Å². The van der Waals surface area contributed by atoms with Crippen LogP contribution < -0.4 is 10.2 Å². The van der Waals surface area contributed by atoms with E-state index in [1.54, 1.807) is 0 Å². The Balaban J connectivity index is 1.74. The van der Waals surface area contributed by atoms with Crippen molar-refractivity contribution in [2.75, 3.05) is 5.43 Å². The van der Waals surface area contributed by atoms with E-state index in [2.05, 4.69) is 20.2 Å². The molecule has 0 aliphatic rings. The van der Waals surface area contributed by atoms with Gasteiger partial charge in [-0.15, -0.1) is 24.5 Å². The van der Waals surface area contributed by atoms with E-state index in [0.29, 0.717) is 5.13 Å². The van der Waals surface area contributed by atoms with Gasteiger partial charge in [0, 0.05) is 10.9 Å². The molecule has 3 aromatic rings. The lowest BCUT2D eigenvalue weighted by atomic mass is 10.2. The van der Waals surface area contributed by atoms with Crippen molar-refractivity contribution < 1.29 is 17.9 Å². The predicted octanol–water partition coefficient (Wildman–Crippen LogP) is 5.81. The highest BCUT2D eigenvalue weighted by Crippen LogP contribution is 2.30. The first-order chi connectivity index (χ1) is 12.4. The minimum atomic E-state index is -4.82. The molecule has 1 heterocycles. The van der Waals surface area contributed by atoms with Crippen molar-refractivity contribution in [3.8, 4) is 17.0 Å². The molecule has 0 amide bonds. The highest BCUT2D eigenvalue weighted by Gasteiger charge is 2.32. The molecule has 0 bridgehead atoms. The number of ether oxygens (including phenoxy) is 1. The van der Waals surface area contributed by atoms with Gasteiger partial charge in [-0.3, -0.25) is 5.43 Å². The molecule has 0 aliphatic carbocycles. The Labute approximate surface area is 155 Å². The fourth-order valence-corrected chi connectivity index (χ4v) is 2.96. The van der Waals surface area contributed by atoms with E-state index in [1.165, 1.54) is 23.5 Å². The fraction of sp³-hybridized carbons (Fsp3) is 0.0588. The van der Waals surface area contributed by atoms with Crippen LogP contribution in [0.25, 0.3) is 11.3 Å². The third kappa shape index (κ3) is 4.74. The maximum atomic E-state index is 12.5. The van der Waals surface area contributed by atoms with Gasteiger partial charge in [-0.05, 0) is 12.1 Å². The summed E-state index contributed by atoms with van der Waals surface area (Å²) in [5.74, 6) is -0.431. The van der Waals surface area contributed by atoms with Crippen molar-refractivity contribution in [2.45, 2.75) is 6.36 Å². The first kappa shape index (κ1) is 18.2. The van der Waals surface area contributed by atoms with Crippen LogP contribution in [0.4, 0.5) is 18.3 Å². The van der Waals surface area contributed by atoms with E-state index in [1.807, 2.05) is 35.7 Å². The van der Waals surface area contributed by atoms with E-state index >= 15 is 0 Å². The SMILES string of the molecule is FC(F)(F)Oc1cccc(Cl)c1C=NNc1nc(-c2ccccc2)cs1. The van der Waals surface area contributed by atoms with Crippen LogP contribution in [0.3, 0.4) is 0 Å². The molecule has 0 aliphatic heterocycles. The Morgan fingerprint density at radius 1 is 1.12 bits per heavy atom. The average Bonchev–Trinajstić information content (AvgIpc) is 3.06. The zero-order valence-corrected chi connectivity index (χ0v) is 14.6. The lowest BCUT2D eigenvalue weighted by Gasteiger charge is -2.11. The van der Waals surface area contributed by atoms with Crippen LogP contribution in [0.1, 0.15) is 5.56 Å². The molecule has 0 fully saturated rings. The zero-order chi connectivity index (χ0) is 18.6. The highest BCUT2D eigenvalue weighted by molar-refractivity contribution is 7.14. The Morgan fingerprint density at radius 2 is 1.88 bits per heavy atom. The molecule has 0 spiro atoms. The van der Waals surface area contributed by atoms with Crippen LogP contribution in [0.15, 0.2) is 59.0 Å². The molecule has 1 aromatic heterocycles. The maximum Gasteiger partial charge on any atom is 0.573 e. The third-order valence-corrected chi connectivity index (χ3v) is 4.24. The predicted molar refractivity (Wildman–Crippen MR) is 96.9 cm³/mol. The lowest BCUT2D eigenvalue weighted by molar-refractivity contribution is -0.274. The monoisotopic (exact) mass is 397 g/mol. The third-order valence-electron chi connectivity index (χ3n) is 3.17. The molecule has 1 N–H and O–H groups in total. The number of alkyl halides is 3. The van der Waals surface area contributed by atoms with Crippen LogP contribution in [-0.2, 0) is 0 Å². The molecular formula is C17H11ClF3N3OS. The van der Waals surface area contributed by atoms with Crippen molar-refractivity contribution in [2.24, 2.45) is 5.10 Å². The van der Waals surface area contributed by atoms with Crippen molar-refractivity contribution in [3.05, 3.63) is 64.5 Å². The average molecular weight is 398 g/mol. The van der Waals surface area contributed by atoms with E-state index in [4.69, 9.17) is 11.6 Å². The molecule has 26 heavy (non-hydrogen) atoms. The summed E-state index contributed by atoms with van der Waals surface area (Å²) >= 11 is 7.26. The smallest absolute Gasteiger partial charge is 0.405 e. The number of hydrogen-bond acceptors (Lipinski definition) is 5. The molecule has 2 aromatic carbocycles. The summed E-state index contributed by atoms with van der Waals surface area (Å²) < 4.78 is 41.4. The molecule has 9 heteroatoms. The number of halogens is 4. The zero-order valence-electron chi connectivity index (χ0n) is 13.0. The largest absolute Gasteiger partial charge is 0.573 e. The first-order valence-corrected chi connectivity index (χ1v) is 8.52. The molecule has 3 rings (SSSR count). The van der Waals surface area contributed by atoms with Gasteiger partial charge in [0.05, 0.1) is 22.5 Å². The molecule has 0 saturated heterocycles. The van der Waals surface area contributed by atoms with Crippen LogP contribution in [0, 0.1) is 0 Å². The van der Waals surface area contributed by atoms with Gasteiger partial charge in [-0.1, -0.05) is 48.0 Å². The number of anilines is 1. The number of rotatable bonds is 5. The summed E-state index contributed by atoms with van der Waals surface area (Å²) in [6.07, 6.45) is -3.66. The first-order valence-electron chi connectivity index (χ1n) is 7.27. The van der Waals surface area contributed by atoms with Crippen LogP contribution in [0.5, 0.6) is 5.75 Å². The second-order valence-corrected chi connectivity index (χ2v) is 6.24. The molecule has 4 nitrogen and oxygen atoms in total. The van der Waals surface area contributed by atoms with Gasteiger partial charge in [0.15, 0.2) is 0 Å². The molecule has 0 radical (unpaired) electrons. The highest BCUT2D eigenvalue weighted by atomic mass is 35.5. The van der Waals surface area contributed by atoms with Crippen LogP contribution in [-0.4, -0.2) is 17.6 Å². The summed E-state index contributed by atoms with van der Waals surface area (Å²) in [5, 5.41) is 6.34. The number of aromatic nitrogens is 1. The van der Waals surface area contributed by atoms with E-state index in [-0.39, 0.29) is 10.6 Å². The number of nitrogens with zero attached hydrogens (tertiary/aromatic N) is 2. The summed E-state index contributed by atoms with van der Waals surface area (Å²) in [4.78, 5) is 4.37. The number of nitrogens with one attached hydrogen (secondary N) is 1. The standard InChI is InChI=1S/C17H11ClF3N3OS/c18-13-7-4-8-15(25-17(19,20)21)12(13)9-22-24-16-23-14(10-26-16)11-5-2-1-3-6-11/h1-10H,(H,23,24). The van der Waals surface area contributed by atoms with Crippen molar-refractivity contribution in [1.82, 2.24) is 4.98 Å². The molecule has 0 saturated carbocycles. The van der Waals surface area contributed by atoms with Gasteiger partial charge >= 0.3 is 6.36 Å². The number of thiazole rings is 1. The summed E-state index contributed by atoms with van der Waals surface area (Å²) in [6.45, 7) is 0. The van der Waals surface area contributed by atoms with Crippen molar-refractivity contribution in [3.63, 3.8) is 0 Å². The number of benzene rings is 2. The molecular weight excluding hydrogens is 387 g/mol. The normalized spacial score (nSPS) is 11.7. The summed E-state index contributed by atoms with van der Waals surface area (Å²) in [7, 11) is 0. The Hall–Kier alpha value is -2.58. The summed E-state index contributed by atoms with van der Waals surface area (Å²) in [6, 6.07) is 13.5. The minimum absolute atomic E-state index is 0.0128. The van der Waals surface area contributed by atoms with Gasteiger partial charge in [-0.25, -0.2) is 4.98 Å². The second-order valence-electron chi connectivity index (χ2n) is 4.97. The quantitative estimate of drug-likeness (QED) is 0.436. The van der Waals surface area contributed by atoms with Gasteiger partial charge in [0.25, 0.3) is 0 Å². The van der Waals surface area contributed by atoms with Crippen LogP contribution >= 0.6 is 22.9 Å². The van der Waals surface area contributed by atoms with Crippen LogP contribution in [0.2, 0.25) is 5.02 Å². The molecule has 0 atom stereocenters. The fourth-order valence-electron chi connectivity index (χ4n) is 2.07. The Kier molecular flexibility index (Phi) is 5.43. The van der Waals surface area contributed by atoms with Gasteiger partial charge < -0.3 is 4.74 Å². The maximum absolute atomic E-state index is 12.5. The Morgan fingerprint density at radius 3 is 2.62 bits per heavy atom. The Bertz CT molecular complexity index is 913. The topological polar surface area (TPSA) is 46.5 Å². The van der Waals surface area contributed by atoms with Gasteiger partial charge in [-0.2, -0.15) is 5.10 Å². The second kappa shape index (κ2) is 7.76. The van der Waals surface area contributed by atoms with Gasteiger partial charge in [0.2, 0.25) is 5.13 Å². The molecule has 0 unspecified atom stereocenters. The van der Waals surface area contributed by atoms with Crippen molar-refractivity contribution >= 4 is 34.3 Å². The minimum Gasteiger partial charge on any atom is -0.405 e. The van der Waals surface area contributed by atoms with E-state index in [0.717, 1.165) is 23.5 Å². The number of hydrogen-bond donors (Lipinski definition) is 1. The lowest BCUT2D eigenvalue weighted by Crippen LogP contribution is -2.18. The molecule has 134 valence electrons. The summed E-state index contributed by atoms with van der Waals surface area (Å²) in [5.41, 5.74) is 4.42. The van der Waals surface area contributed by atoms with E-state index < -0.39 is 12.1 Å². The number of hydrazone groups is 1.